The van der Waals surface area contributed by atoms with E-state index in [-0.39, 0.29) is 16.0 Å². The molecule has 0 amide bonds. The predicted molar refractivity (Wildman–Crippen MR) is 75.5 cm³/mol. The van der Waals surface area contributed by atoms with Crippen LogP contribution >= 0.6 is 15.9 Å². The molecule has 3 rings (SSSR count). The maximum Gasteiger partial charge on any atom is 0.258 e. The van der Waals surface area contributed by atoms with Crippen molar-refractivity contribution in [3.63, 3.8) is 0 Å². The van der Waals surface area contributed by atoms with Crippen molar-refractivity contribution in [2.45, 2.75) is 0 Å². The number of nitrogen functional groups attached to an aromatic ring is 1. The molecule has 100 valence electrons. The number of nitrogens with zero attached hydrogens (tertiary/aromatic N) is 3. The van der Waals surface area contributed by atoms with Gasteiger partial charge in [0.15, 0.2) is 10.4 Å². The molecule has 0 aliphatic rings. The number of aromatic nitrogens is 4. The maximum atomic E-state index is 13.2. The Morgan fingerprint density at radius 1 is 1.30 bits per heavy atom. The fraction of sp³-hybridized carbons (Fsp3) is 0. The van der Waals surface area contributed by atoms with Crippen LogP contribution in [0.4, 0.5) is 10.2 Å². The number of aromatic amines is 1. The molecule has 2 aromatic heterocycles. The van der Waals surface area contributed by atoms with Crippen LogP contribution in [0.15, 0.2) is 33.9 Å². The Hall–Kier alpha value is -2.35. The first-order valence-electron chi connectivity index (χ1n) is 5.52. The van der Waals surface area contributed by atoms with Gasteiger partial charge >= 0.3 is 0 Å². The van der Waals surface area contributed by atoms with Crippen molar-refractivity contribution in [1.82, 2.24) is 19.9 Å². The molecule has 6 nitrogen and oxygen atoms in total. The Balaban J connectivity index is 2.25. The smallest absolute Gasteiger partial charge is 0.258 e. The molecular weight excluding hydrogens is 329 g/mol. The van der Waals surface area contributed by atoms with E-state index in [1.165, 1.54) is 6.33 Å². The van der Waals surface area contributed by atoms with Crippen LogP contribution in [0.25, 0.3) is 22.2 Å². The number of halogens is 2. The van der Waals surface area contributed by atoms with Crippen molar-refractivity contribution in [2.75, 3.05) is 5.73 Å². The van der Waals surface area contributed by atoms with Gasteiger partial charge < -0.3 is 10.7 Å². The molecule has 0 aliphatic carbocycles. The summed E-state index contributed by atoms with van der Waals surface area (Å²) >= 11 is 2.96. The molecule has 1 aromatic carbocycles. The number of benzene rings is 1. The molecule has 8 heteroatoms. The standard InChI is InChI=1S/C12H7BrFN5O/c13-9-10(14)19-11(15)8(18-9)5-1-2-6-7(3-5)16-4-17-12(6)20/h1-4H,(H2,15,19)(H,16,17,20). The van der Waals surface area contributed by atoms with E-state index in [1.807, 2.05) is 0 Å². The Kier molecular flexibility index (Phi) is 2.94. The Labute approximate surface area is 120 Å². The molecule has 0 fully saturated rings. The van der Waals surface area contributed by atoms with Crippen molar-refractivity contribution in [2.24, 2.45) is 0 Å². The van der Waals surface area contributed by atoms with E-state index >= 15 is 0 Å². The highest BCUT2D eigenvalue weighted by molar-refractivity contribution is 9.10. The molecule has 20 heavy (non-hydrogen) atoms. The third-order valence-electron chi connectivity index (χ3n) is 2.76. The second-order valence-electron chi connectivity index (χ2n) is 4.00. The Morgan fingerprint density at radius 2 is 2.10 bits per heavy atom. The predicted octanol–water partition coefficient (Wildman–Crippen LogP) is 1.86. The third kappa shape index (κ3) is 2.03. The normalized spacial score (nSPS) is 10.9. The number of anilines is 1. The molecule has 0 radical (unpaired) electrons. The minimum Gasteiger partial charge on any atom is -0.382 e. The molecule has 0 spiro atoms. The fourth-order valence-corrected chi connectivity index (χ4v) is 2.10. The van der Waals surface area contributed by atoms with Crippen molar-refractivity contribution in [3.8, 4) is 11.3 Å². The van der Waals surface area contributed by atoms with E-state index in [0.717, 1.165) is 0 Å². The van der Waals surface area contributed by atoms with Crippen LogP contribution in [0, 0.1) is 5.95 Å². The zero-order chi connectivity index (χ0) is 14.3. The molecule has 3 aromatic rings. The van der Waals surface area contributed by atoms with Crippen molar-refractivity contribution >= 4 is 32.7 Å². The van der Waals surface area contributed by atoms with Gasteiger partial charge in [0.05, 0.1) is 17.2 Å². The summed E-state index contributed by atoms with van der Waals surface area (Å²) in [5, 5.41) is 0.448. The number of H-pyrrole nitrogens is 1. The summed E-state index contributed by atoms with van der Waals surface area (Å²) in [6.45, 7) is 0. The zero-order valence-corrected chi connectivity index (χ0v) is 11.5. The first-order chi connectivity index (χ1) is 9.56. The highest BCUT2D eigenvalue weighted by Gasteiger charge is 2.12. The van der Waals surface area contributed by atoms with E-state index < -0.39 is 5.95 Å². The number of nitrogens with one attached hydrogen (secondary N) is 1. The average molecular weight is 336 g/mol. The summed E-state index contributed by atoms with van der Waals surface area (Å²) in [5.41, 5.74) is 6.85. The summed E-state index contributed by atoms with van der Waals surface area (Å²) in [6.07, 6.45) is 1.31. The lowest BCUT2D eigenvalue weighted by molar-refractivity contribution is 0.571. The number of nitrogens with two attached hydrogens (primary N) is 1. The third-order valence-corrected chi connectivity index (χ3v) is 3.26. The van der Waals surface area contributed by atoms with Gasteiger partial charge in [0.1, 0.15) is 5.69 Å². The second-order valence-corrected chi connectivity index (χ2v) is 4.75. The van der Waals surface area contributed by atoms with Crippen LogP contribution in [-0.4, -0.2) is 19.9 Å². The van der Waals surface area contributed by atoms with Gasteiger partial charge in [0.25, 0.3) is 5.56 Å². The largest absolute Gasteiger partial charge is 0.382 e. The summed E-state index contributed by atoms with van der Waals surface area (Å²) in [4.78, 5) is 25.7. The van der Waals surface area contributed by atoms with Crippen LogP contribution in [0.5, 0.6) is 0 Å². The van der Waals surface area contributed by atoms with Gasteiger partial charge in [0, 0.05) is 5.56 Å². The van der Waals surface area contributed by atoms with Crippen LogP contribution in [-0.2, 0) is 0 Å². The van der Waals surface area contributed by atoms with Crippen LogP contribution in [0.1, 0.15) is 0 Å². The number of rotatable bonds is 1. The fourth-order valence-electron chi connectivity index (χ4n) is 1.83. The molecule has 2 heterocycles. The van der Waals surface area contributed by atoms with Gasteiger partial charge in [-0.2, -0.15) is 9.37 Å². The van der Waals surface area contributed by atoms with Crippen molar-refractivity contribution in [3.05, 3.63) is 45.4 Å². The van der Waals surface area contributed by atoms with Crippen molar-refractivity contribution in [1.29, 1.82) is 0 Å². The van der Waals surface area contributed by atoms with Gasteiger partial charge in [-0.25, -0.2) is 9.97 Å². The minimum absolute atomic E-state index is 0.0272. The number of hydrogen-bond donors (Lipinski definition) is 2. The van der Waals surface area contributed by atoms with E-state index in [0.29, 0.717) is 22.2 Å². The van der Waals surface area contributed by atoms with Crippen LogP contribution in [0.2, 0.25) is 0 Å². The quantitative estimate of drug-likeness (QED) is 0.707. The first-order valence-corrected chi connectivity index (χ1v) is 6.32. The molecular formula is C12H7BrFN5O. The van der Waals surface area contributed by atoms with Gasteiger partial charge in [-0.3, -0.25) is 4.79 Å². The van der Waals surface area contributed by atoms with E-state index in [2.05, 4.69) is 35.9 Å². The topological polar surface area (TPSA) is 97.5 Å². The van der Waals surface area contributed by atoms with E-state index in [9.17, 15) is 9.18 Å². The number of fused-ring (bicyclic) bond motifs is 1. The highest BCUT2D eigenvalue weighted by Crippen LogP contribution is 2.26. The van der Waals surface area contributed by atoms with Gasteiger partial charge in [-0.15, -0.1) is 0 Å². The average Bonchev–Trinajstić information content (AvgIpc) is 2.43. The summed E-state index contributed by atoms with van der Waals surface area (Å²) in [5.74, 6) is -0.809. The van der Waals surface area contributed by atoms with E-state index in [1.54, 1.807) is 18.2 Å². The first kappa shape index (κ1) is 12.7. The number of hydrogen-bond acceptors (Lipinski definition) is 5. The molecule has 0 bridgehead atoms. The highest BCUT2D eigenvalue weighted by atomic mass is 79.9. The zero-order valence-electron chi connectivity index (χ0n) is 9.89. The van der Waals surface area contributed by atoms with Gasteiger partial charge in [0.2, 0.25) is 5.95 Å². The van der Waals surface area contributed by atoms with Crippen molar-refractivity contribution < 1.29 is 4.39 Å². The molecule has 0 saturated heterocycles. The second kappa shape index (κ2) is 4.64. The van der Waals surface area contributed by atoms with E-state index in [4.69, 9.17) is 5.73 Å². The Morgan fingerprint density at radius 3 is 2.90 bits per heavy atom. The molecule has 0 unspecified atom stereocenters. The maximum absolute atomic E-state index is 13.2. The van der Waals surface area contributed by atoms with Crippen LogP contribution < -0.4 is 11.3 Å². The SMILES string of the molecule is Nc1nc(F)c(Br)nc1-c1ccc2c(=O)[nH]cnc2c1. The summed E-state index contributed by atoms with van der Waals surface area (Å²) in [7, 11) is 0. The minimum atomic E-state index is -0.776. The molecule has 0 saturated carbocycles. The Bertz CT molecular complexity index is 879. The molecule has 0 atom stereocenters. The van der Waals surface area contributed by atoms with Gasteiger partial charge in [-0.05, 0) is 28.1 Å². The summed E-state index contributed by atoms with van der Waals surface area (Å²) < 4.78 is 13.2. The summed E-state index contributed by atoms with van der Waals surface area (Å²) in [6, 6.07) is 4.91. The lowest BCUT2D eigenvalue weighted by Crippen LogP contribution is -2.06. The monoisotopic (exact) mass is 335 g/mol. The lowest BCUT2D eigenvalue weighted by Gasteiger charge is -2.06. The molecule has 0 aliphatic heterocycles. The molecule has 3 N–H and O–H groups in total. The van der Waals surface area contributed by atoms with Crippen LogP contribution in [0.3, 0.4) is 0 Å². The lowest BCUT2D eigenvalue weighted by atomic mass is 10.1. The van der Waals surface area contributed by atoms with Gasteiger partial charge in [-0.1, -0.05) is 6.07 Å².